The molecule has 0 aliphatic carbocycles. The van der Waals surface area contributed by atoms with E-state index in [0.29, 0.717) is 16.4 Å². The van der Waals surface area contributed by atoms with E-state index in [-0.39, 0.29) is 24.3 Å². The van der Waals surface area contributed by atoms with E-state index < -0.39 is 0 Å². The first-order chi connectivity index (χ1) is 12.6. The summed E-state index contributed by atoms with van der Waals surface area (Å²) < 4.78 is 11.7. The molecule has 0 spiro atoms. The van der Waals surface area contributed by atoms with Crippen LogP contribution >= 0.6 is 27.7 Å². The zero-order valence-electron chi connectivity index (χ0n) is 14.0. The van der Waals surface area contributed by atoms with Crippen LogP contribution in [-0.2, 0) is 4.79 Å². The average Bonchev–Trinajstić information content (AvgIpc) is 2.90. The normalized spacial score (nSPS) is 15.6. The molecule has 2 amide bonds. The molecule has 0 aromatic heterocycles. The van der Waals surface area contributed by atoms with Gasteiger partial charge in [0.05, 0.1) is 18.6 Å². The van der Waals surface area contributed by atoms with Crippen molar-refractivity contribution in [1.29, 1.82) is 0 Å². The second-order valence-electron chi connectivity index (χ2n) is 5.38. The molecule has 0 radical (unpaired) electrons. The number of amides is 2. The van der Waals surface area contributed by atoms with Gasteiger partial charge in [0, 0.05) is 10.0 Å². The van der Waals surface area contributed by atoms with Crippen molar-refractivity contribution in [1.82, 2.24) is 4.90 Å². The lowest BCUT2D eigenvalue weighted by Gasteiger charge is -2.13. The Morgan fingerprint density at radius 3 is 2.65 bits per heavy atom. The summed E-state index contributed by atoms with van der Waals surface area (Å²) in [7, 11) is 1.56. The lowest BCUT2D eigenvalue weighted by Crippen LogP contribution is -2.32. The molecule has 1 aliphatic rings. The summed E-state index contributed by atoms with van der Waals surface area (Å²) in [6, 6.07) is 14.8. The molecule has 134 valence electrons. The smallest absolute Gasteiger partial charge is 0.293 e. The highest BCUT2D eigenvalue weighted by Crippen LogP contribution is 2.34. The van der Waals surface area contributed by atoms with Gasteiger partial charge < -0.3 is 9.47 Å². The van der Waals surface area contributed by atoms with Crippen LogP contribution < -0.4 is 9.47 Å². The average molecular weight is 434 g/mol. The number of imide groups is 1. The van der Waals surface area contributed by atoms with Gasteiger partial charge in [-0.15, -0.1) is 0 Å². The number of methoxy groups -OCH3 is 1. The van der Waals surface area contributed by atoms with Gasteiger partial charge in [0.15, 0.2) is 0 Å². The number of carbonyl (C=O) groups excluding carboxylic acids is 2. The highest BCUT2D eigenvalue weighted by Gasteiger charge is 2.35. The van der Waals surface area contributed by atoms with Crippen LogP contribution in [0.5, 0.6) is 11.5 Å². The standard InChI is InChI=1S/C19H16BrNO4S/c1-24-16-8-7-14(20)11-13(16)12-17-18(22)21(19(23)26-17)9-10-25-15-5-3-2-4-6-15/h2-8,11-12H,9-10H2,1H3/b17-12-. The number of hydrogen-bond donors (Lipinski definition) is 0. The Kier molecular flexibility index (Phi) is 6.00. The molecule has 0 unspecified atom stereocenters. The van der Waals surface area contributed by atoms with E-state index in [1.807, 2.05) is 42.5 Å². The molecule has 0 N–H and O–H groups in total. The maximum Gasteiger partial charge on any atom is 0.293 e. The van der Waals surface area contributed by atoms with Gasteiger partial charge in [0.25, 0.3) is 11.1 Å². The van der Waals surface area contributed by atoms with Crippen LogP contribution in [0.25, 0.3) is 6.08 Å². The Balaban J connectivity index is 1.69. The van der Waals surface area contributed by atoms with E-state index in [9.17, 15) is 9.59 Å². The molecule has 3 rings (SSSR count). The summed E-state index contributed by atoms with van der Waals surface area (Å²) in [5.74, 6) is 1.01. The number of para-hydroxylation sites is 1. The van der Waals surface area contributed by atoms with E-state index in [1.165, 1.54) is 4.90 Å². The number of nitrogens with zero attached hydrogens (tertiary/aromatic N) is 1. The summed E-state index contributed by atoms with van der Waals surface area (Å²) in [5.41, 5.74) is 0.730. The van der Waals surface area contributed by atoms with Crippen molar-refractivity contribution in [3.8, 4) is 11.5 Å². The molecule has 1 heterocycles. The number of rotatable bonds is 6. The fourth-order valence-corrected chi connectivity index (χ4v) is 3.66. The van der Waals surface area contributed by atoms with Crippen LogP contribution in [0.3, 0.4) is 0 Å². The summed E-state index contributed by atoms with van der Waals surface area (Å²) >= 11 is 4.32. The van der Waals surface area contributed by atoms with Crippen molar-refractivity contribution >= 4 is 44.9 Å². The quantitative estimate of drug-likeness (QED) is 0.624. The van der Waals surface area contributed by atoms with Crippen molar-refractivity contribution in [2.45, 2.75) is 0 Å². The molecule has 2 aromatic rings. The van der Waals surface area contributed by atoms with Crippen molar-refractivity contribution in [3.05, 3.63) is 63.5 Å². The molecular weight excluding hydrogens is 418 g/mol. The van der Waals surface area contributed by atoms with E-state index >= 15 is 0 Å². The second-order valence-corrected chi connectivity index (χ2v) is 7.29. The van der Waals surface area contributed by atoms with Crippen LogP contribution in [0.1, 0.15) is 5.56 Å². The molecule has 2 aromatic carbocycles. The maximum atomic E-state index is 12.6. The second kappa shape index (κ2) is 8.42. The first-order valence-electron chi connectivity index (χ1n) is 7.85. The number of benzene rings is 2. The fraction of sp³-hybridized carbons (Fsp3) is 0.158. The summed E-state index contributed by atoms with van der Waals surface area (Å²) in [6.07, 6.45) is 1.67. The Morgan fingerprint density at radius 2 is 1.92 bits per heavy atom. The number of halogens is 1. The lowest BCUT2D eigenvalue weighted by molar-refractivity contribution is -0.123. The third-order valence-corrected chi connectivity index (χ3v) is 5.08. The fourth-order valence-electron chi connectivity index (χ4n) is 2.42. The number of hydrogen-bond acceptors (Lipinski definition) is 5. The Hall–Kier alpha value is -2.25. The van der Waals surface area contributed by atoms with Crippen LogP contribution in [0.4, 0.5) is 4.79 Å². The molecule has 26 heavy (non-hydrogen) atoms. The van der Waals surface area contributed by atoms with Crippen LogP contribution in [0.15, 0.2) is 57.9 Å². The molecule has 1 fully saturated rings. The predicted octanol–water partition coefficient (Wildman–Crippen LogP) is 4.57. The van der Waals surface area contributed by atoms with Crippen molar-refractivity contribution in [2.24, 2.45) is 0 Å². The third-order valence-electron chi connectivity index (χ3n) is 3.68. The molecule has 7 heteroatoms. The minimum absolute atomic E-state index is 0.201. The number of ether oxygens (including phenoxy) is 2. The van der Waals surface area contributed by atoms with Gasteiger partial charge in [0.2, 0.25) is 0 Å². The van der Waals surface area contributed by atoms with Crippen molar-refractivity contribution in [2.75, 3.05) is 20.3 Å². The molecule has 0 bridgehead atoms. The van der Waals surface area contributed by atoms with Crippen LogP contribution in [0, 0.1) is 0 Å². The highest BCUT2D eigenvalue weighted by molar-refractivity contribution is 9.10. The topological polar surface area (TPSA) is 55.8 Å². The molecule has 0 saturated carbocycles. The van der Waals surface area contributed by atoms with Crippen molar-refractivity contribution in [3.63, 3.8) is 0 Å². The van der Waals surface area contributed by atoms with Gasteiger partial charge in [-0.2, -0.15) is 0 Å². The SMILES string of the molecule is COc1ccc(Br)cc1/C=C1\SC(=O)N(CCOc2ccccc2)C1=O. The molecular formula is C19H16BrNO4S. The minimum Gasteiger partial charge on any atom is -0.496 e. The van der Waals surface area contributed by atoms with E-state index in [0.717, 1.165) is 21.8 Å². The first kappa shape index (κ1) is 18.5. The zero-order chi connectivity index (χ0) is 18.5. The number of thioether (sulfide) groups is 1. The van der Waals surface area contributed by atoms with Crippen LogP contribution in [0.2, 0.25) is 0 Å². The highest BCUT2D eigenvalue weighted by atomic mass is 79.9. The van der Waals surface area contributed by atoms with E-state index in [1.54, 1.807) is 19.3 Å². The maximum absolute atomic E-state index is 12.6. The molecule has 1 aliphatic heterocycles. The lowest BCUT2D eigenvalue weighted by atomic mass is 10.2. The van der Waals surface area contributed by atoms with Gasteiger partial charge in [-0.25, -0.2) is 0 Å². The first-order valence-corrected chi connectivity index (χ1v) is 9.46. The van der Waals surface area contributed by atoms with Gasteiger partial charge in [-0.3, -0.25) is 14.5 Å². The third kappa shape index (κ3) is 4.28. The Labute approximate surface area is 164 Å². The summed E-state index contributed by atoms with van der Waals surface area (Å²) in [4.78, 5) is 26.3. The predicted molar refractivity (Wildman–Crippen MR) is 105 cm³/mol. The molecule has 1 saturated heterocycles. The van der Waals surface area contributed by atoms with Gasteiger partial charge in [-0.05, 0) is 48.2 Å². The van der Waals surface area contributed by atoms with Gasteiger partial charge in [-0.1, -0.05) is 34.1 Å². The summed E-state index contributed by atoms with van der Waals surface area (Å²) in [5, 5.41) is -0.299. The van der Waals surface area contributed by atoms with E-state index in [2.05, 4.69) is 15.9 Å². The van der Waals surface area contributed by atoms with Gasteiger partial charge >= 0.3 is 0 Å². The minimum atomic E-state index is -0.321. The summed E-state index contributed by atoms with van der Waals surface area (Å²) in [6.45, 7) is 0.446. The van der Waals surface area contributed by atoms with Crippen molar-refractivity contribution < 1.29 is 19.1 Å². The Morgan fingerprint density at radius 1 is 1.15 bits per heavy atom. The van der Waals surface area contributed by atoms with E-state index in [4.69, 9.17) is 9.47 Å². The largest absolute Gasteiger partial charge is 0.496 e. The van der Waals surface area contributed by atoms with Gasteiger partial charge in [0.1, 0.15) is 18.1 Å². The zero-order valence-corrected chi connectivity index (χ0v) is 16.4. The Bertz CT molecular complexity index is 854. The molecule has 0 atom stereocenters. The monoisotopic (exact) mass is 433 g/mol. The molecule has 5 nitrogen and oxygen atoms in total. The number of carbonyl (C=O) groups is 2. The van der Waals surface area contributed by atoms with Crippen LogP contribution in [-0.4, -0.2) is 36.3 Å².